The fraction of sp³-hybridized carbons (Fsp3) is 0.417. The van der Waals surface area contributed by atoms with Crippen LogP contribution in [0.2, 0.25) is 0 Å². The van der Waals surface area contributed by atoms with Crippen molar-refractivity contribution in [2.24, 2.45) is 0 Å². The Balaban J connectivity index is 1.59. The van der Waals surface area contributed by atoms with Gasteiger partial charge in [-0.25, -0.2) is 4.39 Å². The Labute approximate surface area is 177 Å². The first-order chi connectivity index (χ1) is 14.4. The molecule has 0 radical (unpaired) electrons. The van der Waals surface area contributed by atoms with E-state index in [1.807, 2.05) is 25.1 Å². The molecule has 2 amide bonds. The van der Waals surface area contributed by atoms with E-state index in [1.165, 1.54) is 12.1 Å². The second-order valence-corrected chi connectivity index (χ2v) is 7.99. The molecule has 3 rings (SSSR count). The van der Waals surface area contributed by atoms with Gasteiger partial charge in [0.25, 0.3) is 11.8 Å². The SMILES string of the molecule is Cc1ccc(C(C)C)c(OCC(=O)N2CCCN(C(=O)c3ccccc3F)CC2)c1. The third kappa shape index (κ3) is 5.17. The highest BCUT2D eigenvalue weighted by atomic mass is 19.1. The Hall–Kier alpha value is -2.89. The summed E-state index contributed by atoms with van der Waals surface area (Å²) in [5.74, 6) is 0.0787. The van der Waals surface area contributed by atoms with E-state index in [1.54, 1.807) is 21.9 Å². The Morgan fingerprint density at radius 2 is 1.73 bits per heavy atom. The summed E-state index contributed by atoms with van der Waals surface area (Å²) in [7, 11) is 0. The number of nitrogens with zero attached hydrogens (tertiary/aromatic N) is 2. The number of ether oxygens (including phenoxy) is 1. The van der Waals surface area contributed by atoms with Gasteiger partial charge in [0.15, 0.2) is 6.61 Å². The molecule has 5 nitrogen and oxygen atoms in total. The van der Waals surface area contributed by atoms with E-state index < -0.39 is 5.82 Å². The zero-order chi connectivity index (χ0) is 21.7. The van der Waals surface area contributed by atoms with Crippen molar-refractivity contribution in [2.45, 2.75) is 33.1 Å². The van der Waals surface area contributed by atoms with Crippen LogP contribution in [0, 0.1) is 12.7 Å². The molecule has 1 aliphatic heterocycles. The molecule has 6 heteroatoms. The van der Waals surface area contributed by atoms with Crippen molar-refractivity contribution in [1.29, 1.82) is 0 Å². The van der Waals surface area contributed by atoms with Crippen LogP contribution in [-0.2, 0) is 4.79 Å². The van der Waals surface area contributed by atoms with E-state index in [0.717, 1.165) is 16.9 Å². The zero-order valence-electron chi connectivity index (χ0n) is 17.9. The number of benzene rings is 2. The van der Waals surface area contributed by atoms with Gasteiger partial charge in [0, 0.05) is 26.2 Å². The second-order valence-electron chi connectivity index (χ2n) is 7.99. The van der Waals surface area contributed by atoms with Crippen molar-refractivity contribution in [2.75, 3.05) is 32.8 Å². The minimum absolute atomic E-state index is 0.0373. The van der Waals surface area contributed by atoms with Gasteiger partial charge < -0.3 is 14.5 Å². The first-order valence-corrected chi connectivity index (χ1v) is 10.4. The maximum absolute atomic E-state index is 14.0. The summed E-state index contributed by atoms with van der Waals surface area (Å²) in [5, 5.41) is 0. The molecule has 160 valence electrons. The van der Waals surface area contributed by atoms with Crippen molar-refractivity contribution in [3.05, 3.63) is 65.0 Å². The summed E-state index contributed by atoms with van der Waals surface area (Å²) < 4.78 is 19.8. The normalized spacial score (nSPS) is 14.6. The number of carbonyl (C=O) groups is 2. The van der Waals surface area contributed by atoms with Crippen molar-refractivity contribution in [3.63, 3.8) is 0 Å². The van der Waals surface area contributed by atoms with Gasteiger partial charge in [0.2, 0.25) is 0 Å². The van der Waals surface area contributed by atoms with E-state index in [0.29, 0.717) is 38.5 Å². The van der Waals surface area contributed by atoms with Crippen LogP contribution in [0.4, 0.5) is 4.39 Å². The molecule has 1 aliphatic rings. The highest BCUT2D eigenvalue weighted by Crippen LogP contribution is 2.27. The highest BCUT2D eigenvalue weighted by molar-refractivity contribution is 5.94. The number of hydrogen-bond acceptors (Lipinski definition) is 3. The molecule has 2 aromatic carbocycles. The third-order valence-electron chi connectivity index (χ3n) is 5.38. The van der Waals surface area contributed by atoms with Crippen molar-refractivity contribution >= 4 is 11.8 Å². The van der Waals surface area contributed by atoms with Crippen LogP contribution in [0.1, 0.15) is 47.7 Å². The summed E-state index contributed by atoms with van der Waals surface area (Å²) in [5.41, 5.74) is 2.23. The van der Waals surface area contributed by atoms with Gasteiger partial charge in [-0.2, -0.15) is 0 Å². The minimum Gasteiger partial charge on any atom is -0.483 e. The molecule has 0 aromatic heterocycles. The van der Waals surface area contributed by atoms with Gasteiger partial charge >= 0.3 is 0 Å². The number of halogens is 1. The van der Waals surface area contributed by atoms with E-state index in [2.05, 4.69) is 13.8 Å². The molecule has 1 heterocycles. The fourth-order valence-corrected chi connectivity index (χ4v) is 3.65. The van der Waals surface area contributed by atoms with Gasteiger partial charge in [-0.3, -0.25) is 9.59 Å². The Morgan fingerprint density at radius 1 is 1.03 bits per heavy atom. The van der Waals surface area contributed by atoms with Crippen LogP contribution in [0.3, 0.4) is 0 Å². The molecule has 0 spiro atoms. The summed E-state index contributed by atoms with van der Waals surface area (Å²) in [6.45, 7) is 7.97. The van der Waals surface area contributed by atoms with E-state index in [4.69, 9.17) is 4.74 Å². The summed E-state index contributed by atoms with van der Waals surface area (Å²) in [6.07, 6.45) is 0.646. The summed E-state index contributed by atoms with van der Waals surface area (Å²) >= 11 is 0. The molecule has 0 bridgehead atoms. The van der Waals surface area contributed by atoms with Crippen LogP contribution in [-0.4, -0.2) is 54.4 Å². The number of rotatable bonds is 5. The predicted octanol–water partition coefficient (Wildman–Crippen LogP) is 4.01. The third-order valence-corrected chi connectivity index (χ3v) is 5.38. The summed E-state index contributed by atoms with van der Waals surface area (Å²) in [4.78, 5) is 28.7. The monoisotopic (exact) mass is 412 g/mol. The van der Waals surface area contributed by atoms with Crippen molar-refractivity contribution < 1.29 is 18.7 Å². The zero-order valence-corrected chi connectivity index (χ0v) is 17.9. The lowest BCUT2D eigenvalue weighted by molar-refractivity contribution is -0.133. The number of aryl methyl sites for hydroxylation is 1. The quantitative estimate of drug-likeness (QED) is 0.746. The molecular weight excluding hydrogens is 383 g/mol. The molecule has 0 saturated carbocycles. The van der Waals surface area contributed by atoms with Crippen LogP contribution in [0.15, 0.2) is 42.5 Å². The number of hydrogen-bond donors (Lipinski definition) is 0. The maximum Gasteiger partial charge on any atom is 0.260 e. The molecule has 2 aromatic rings. The molecular formula is C24H29FN2O3. The fourth-order valence-electron chi connectivity index (χ4n) is 3.65. The minimum atomic E-state index is -0.521. The molecule has 1 fully saturated rings. The van der Waals surface area contributed by atoms with E-state index >= 15 is 0 Å². The number of amides is 2. The Kier molecular flexibility index (Phi) is 7.08. The first-order valence-electron chi connectivity index (χ1n) is 10.4. The van der Waals surface area contributed by atoms with Crippen molar-refractivity contribution in [1.82, 2.24) is 9.80 Å². The average molecular weight is 413 g/mol. The Bertz CT molecular complexity index is 913. The van der Waals surface area contributed by atoms with Gasteiger partial charge in [0.1, 0.15) is 11.6 Å². The number of carbonyl (C=O) groups excluding carboxylic acids is 2. The van der Waals surface area contributed by atoms with Gasteiger partial charge in [-0.1, -0.05) is 38.1 Å². The highest BCUT2D eigenvalue weighted by Gasteiger charge is 2.24. The molecule has 30 heavy (non-hydrogen) atoms. The molecule has 0 N–H and O–H groups in total. The van der Waals surface area contributed by atoms with Crippen LogP contribution < -0.4 is 4.74 Å². The van der Waals surface area contributed by atoms with Gasteiger partial charge in [-0.05, 0) is 48.6 Å². The van der Waals surface area contributed by atoms with Crippen LogP contribution >= 0.6 is 0 Å². The molecule has 1 saturated heterocycles. The topological polar surface area (TPSA) is 49.9 Å². The standard InChI is InChI=1S/C24H29FN2O3/c1-17(2)19-10-9-18(3)15-22(19)30-16-23(28)26-11-6-12-27(14-13-26)24(29)20-7-4-5-8-21(20)25/h4-5,7-10,15,17H,6,11-14,16H2,1-3H3. The molecule has 0 unspecified atom stereocenters. The van der Waals surface area contributed by atoms with Gasteiger partial charge in [0.05, 0.1) is 5.56 Å². The lowest BCUT2D eigenvalue weighted by atomic mass is 10.0. The second kappa shape index (κ2) is 9.74. The smallest absolute Gasteiger partial charge is 0.260 e. The molecule has 0 atom stereocenters. The Morgan fingerprint density at radius 3 is 2.47 bits per heavy atom. The molecule has 0 aliphatic carbocycles. The van der Waals surface area contributed by atoms with Crippen LogP contribution in [0.5, 0.6) is 5.75 Å². The van der Waals surface area contributed by atoms with E-state index in [-0.39, 0.29) is 24.0 Å². The summed E-state index contributed by atoms with van der Waals surface area (Å²) in [6, 6.07) is 12.0. The average Bonchev–Trinajstić information content (AvgIpc) is 2.98. The van der Waals surface area contributed by atoms with E-state index in [9.17, 15) is 14.0 Å². The van der Waals surface area contributed by atoms with Crippen LogP contribution in [0.25, 0.3) is 0 Å². The lowest BCUT2D eigenvalue weighted by Crippen LogP contribution is -2.39. The first kappa shape index (κ1) is 21.8. The lowest BCUT2D eigenvalue weighted by Gasteiger charge is -2.23. The largest absolute Gasteiger partial charge is 0.483 e. The maximum atomic E-state index is 14.0. The van der Waals surface area contributed by atoms with Gasteiger partial charge in [-0.15, -0.1) is 0 Å². The van der Waals surface area contributed by atoms with Crippen molar-refractivity contribution in [3.8, 4) is 5.75 Å². The predicted molar refractivity (Wildman–Crippen MR) is 114 cm³/mol.